The second-order valence-corrected chi connectivity index (χ2v) is 9.71. The fraction of sp³-hybridized carbons (Fsp3) is 0.429. The predicted octanol–water partition coefficient (Wildman–Crippen LogP) is 6.73. The first kappa shape index (κ1) is 24.5. The number of nitrogens with zero attached hydrogens (tertiary/aromatic N) is 2. The Labute approximate surface area is 206 Å². The van der Waals surface area contributed by atoms with Crippen molar-refractivity contribution in [3.63, 3.8) is 0 Å². The summed E-state index contributed by atoms with van der Waals surface area (Å²) in [6, 6.07) is 18.5. The van der Waals surface area contributed by atoms with Crippen LogP contribution in [0.1, 0.15) is 44.7 Å². The van der Waals surface area contributed by atoms with Gasteiger partial charge in [0.05, 0.1) is 6.61 Å². The van der Waals surface area contributed by atoms with Crippen molar-refractivity contribution in [2.24, 2.45) is 11.8 Å². The molecule has 1 aromatic heterocycles. The minimum atomic E-state index is -0.901. The van der Waals surface area contributed by atoms with Gasteiger partial charge in [-0.2, -0.15) is 5.10 Å². The van der Waals surface area contributed by atoms with Crippen LogP contribution in [0.3, 0.4) is 0 Å². The Bertz CT molecular complexity index is 1070. The van der Waals surface area contributed by atoms with E-state index in [0.717, 1.165) is 61.3 Å². The molecule has 1 N–H and O–H groups in total. The van der Waals surface area contributed by atoms with Crippen LogP contribution in [0.25, 0.3) is 22.4 Å². The first-order valence-corrected chi connectivity index (χ1v) is 12.6. The number of carbonyl (C=O) groups is 1. The molecule has 0 spiro atoms. The fourth-order valence-corrected chi connectivity index (χ4v) is 5.12. The molecule has 0 bridgehead atoms. The summed E-state index contributed by atoms with van der Waals surface area (Å²) in [5.74, 6) is 0.113. The number of hydrogen-bond acceptors (Lipinski definition) is 3. The molecule has 0 amide bonds. The molecule has 0 unspecified atom stereocenters. The topological polar surface area (TPSA) is 64.4 Å². The molecule has 5 nitrogen and oxygen atoms in total. The quantitative estimate of drug-likeness (QED) is 0.349. The van der Waals surface area contributed by atoms with Gasteiger partial charge in [-0.1, -0.05) is 67.4 Å². The van der Waals surface area contributed by atoms with Crippen LogP contribution in [0, 0.1) is 11.8 Å². The second kappa shape index (κ2) is 11.7. The van der Waals surface area contributed by atoms with Crippen molar-refractivity contribution in [1.29, 1.82) is 0 Å². The molecule has 1 aliphatic carbocycles. The molecule has 1 fully saturated rings. The lowest BCUT2D eigenvalue weighted by molar-refractivity contribution is -0.142. The van der Waals surface area contributed by atoms with Crippen molar-refractivity contribution >= 4 is 17.6 Å². The Hall–Kier alpha value is -2.63. The lowest BCUT2D eigenvalue weighted by Gasteiger charge is -2.28. The van der Waals surface area contributed by atoms with E-state index in [2.05, 4.69) is 48.0 Å². The molecular weight excluding hydrogens is 448 g/mol. The van der Waals surface area contributed by atoms with Gasteiger partial charge in [-0.3, -0.25) is 4.68 Å². The summed E-state index contributed by atoms with van der Waals surface area (Å²) in [5.41, 5.74) is 5.81. The van der Waals surface area contributed by atoms with Crippen molar-refractivity contribution in [1.82, 2.24) is 9.78 Å². The molecular formula is C28H33ClN2O3. The van der Waals surface area contributed by atoms with Gasteiger partial charge in [0.25, 0.3) is 0 Å². The number of carboxylic acids is 1. The van der Waals surface area contributed by atoms with E-state index in [1.165, 1.54) is 16.8 Å². The van der Waals surface area contributed by atoms with E-state index >= 15 is 0 Å². The predicted molar refractivity (Wildman–Crippen MR) is 136 cm³/mol. The third kappa shape index (κ3) is 6.08. The van der Waals surface area contributed by atoms with Crippen LogP contribution in [-0.4, -0.2) is 34.1 Å². The maximum atomic E-state index is 10.7. The van der Waals surface area contributed by atoms with Crippen molar-refractivity contribution in [2.45, 2.75) is 52.0 Å². The molecule has 1 aliphatic rings. The smallest absolute Gasteiger partial charge is 0.329 e. The van der Waals surface area contributed by atoms with Gasteiger partial charge in [-0.05, 0) is 61.6 Å². The number of benzene rings is 2. The van der Waals surface area contributed by atoms with Gasteiger partial charge in [-0.25, -0.2) is 4.79 Å². The van der Waals surface area contributed by atoms with Gasteiger partial charge in [0.1, 0.15) is 12.3 Å². The molecule has 1 heterocycles. The van der Waals surface area contributed by atoms with Crippen LogP contribution in [0.2, 0.25) is 5.02 Å². The van der Waals surface area contributed by atoms with Crippen LogP contribution in [-0.2, 0) is 22.5 Å². The molecule has 0 radical (unpaired) electrons. The Balaban J connectivity index is 1.58. The highest BCUT2D eigenvalue weighted by molar-refractivity contribution is 6.30. The van der Waals surface area contributed by atoms with Gasteiger partial charge in [-0.15, -0.1) is 0 Å². The lowest BCUT2D eigenvalue weighted by atomic mass is 9.82. The molecule has 2 aromatic carbocycles. The number of carboxylic acid groups (broad SMARTS) is 1. The zero-order valence-electron chi connectivity index (χ0n) is 19.8. The maximum absolute atomic E-state index is 10.7. The second-order valence-electron chi connectivity index (χ2n) is 9.27. The molecule has 1 saturated carbocycles. The molecule has 180 valence electrons. The van der Waals surface area contributed by atoms with Gasteiger partial charge >= 0.3 is 5.97 Å². The van der Waals surface area contributed by atoms with Crippen molar-refractivity contribution in [3.8, 4) is 22.4 Å². The van der Waals surface area contributed by atoms with E-state index in [9.17, 15) is 4.79 Å². The lowest BCUT2D eigenvalue weighted by Crippen LogP contribution is -2.23. The van der Waals surface area contributed by atoms with Crippen LogP contribution in [0.5, 0.6) is 0 Å². The monoisotopic (exact) mass is 480 g/mol. The summed E-state index contributed by atoms with van der Waals surface area (Å²) >= 11 is 6.17. The molecule has 4 rings (SSSR count). The largest absolute Gasteiger partial charge is 0.480 e. The van der Waals surface area contributed by atoms with Crippen LogP contribution in [0.4, 0.5) is 0 Å². The van der Waals surface area contributed by atoms with E-state index in [4.69, 9.17) is 26.5 Å². The zero-order chi connectivity index (χ0) is 23.9. The van der Waals surface area contributed by atoms with E-state index in [-0.39, 0.29) is 6.61 Å². The molecule has 0 saturated heterocycles. The number of hydrogen-bond donors (Lipinski definition) is 1. The van der Waals surface area contributed by atoms with Crippen molar-refractivity contribution in [2.75, 3.05) is 13.2 Å². The fourth-order valence-electron chi connectivity index (χ4n) is 4.99. The van der Waals surface area contributed by atoms with Crippen molar-refractivity contribution < 1.29 is 14.6 Å². The van der Waals surface area contributed by atoms with Crippen molar-refractivity contribution in [3.05, 3.63) is 65.3 Å². The Morgan fingerprint density at radius 2 is 1.71 bits per heavy atom. The van der Waals surface area contributed by atoms with Crippen LogP contribution in [0.15, 0.2) is 54.6 Å². The first-order chi connectivity index (χ1) is 16.5. The summed E-state index contributed by atoms with van der Waals surface area (Å²) in [7, 11) is 0. The SMILES string of the molecule is CCCc1c(-c2ccccc2)c(-c2ccc(Cl)cc2)nn1C[C@H]1CC[C@H](COCC(=O)O)CC1. The summed E-state index contributed by atoms with van der Waals surface area (Å²) < 4.78 is 7.59. The van der Waals surface area contributed by atoms with Gasteiger partial charge in [0, 0.05) is 28.4 Å². The molecule has 34 heavy (non-hydrogen) atoms. The molecule has 0 aliphatic heterocycles. The summed E-state index contributed by atoms with van der Waals surface area (Å²) in [4.78, 5) is 10.7. The minimum Gasteiger partial charge on any atom is -0.480 e. The third-order valence-corrected chi connectivity index (χ3v) is 6.95. The van der Waals surface area contributed by atoms with Crippen LogP contribution >= 0.6 is 11.6 Å². The van der Waals surface area contributed by atoms with E-state index in [1.807, 2.05) is 18.2 Å². The first-order valence-electron chi connectivity index (χ1n) is 12.3. The normalized spacial score (nSPS) is 18.2. The Morgan fingerprint density at radius 1 is 1.03 bits per heavy atom. The zero-order valence-corrected chi connectivity index (χ0v) is 20.5. The average Bonchev–Trinajstić information content (AvgIpc) is 3.19. The number of ether oxygens (including phenoxy) is 1. The number of halogens is 1. The molecule has 3 aromatic rings. The highest BCUT2D eigenvalue weighted by Crippen LogP contribution is 2.37. The standard InChI is InChI=1S/C28H33ClN2O3/c1-2-6-25-27(22-7-4-3-5-8-22)28(23-13-15-24(29)16-14-23)30-31(25)17-20-9-11-21(12-10-20)18-34-19-26(32)33/h3-5,7-8,13-16,20-21H,2,6,9-12,17-19H2,1H3,(H,32,33)/t20-,21-. The Kier molecular flexibility index (Phi) is 8.41. The highest BCUT2D eigenvalue weighted by atomic mass is 35.5. The maximum Gasteiger partial charge on any atom is 0.329 e. The van der Waals surface area contributed by atoms with Gasteiger partial charge in [0.15, 0.2) is 0 Å². The van der Waals surface area contributed by atoms with Crippen LogP contribution < -0.4 is 0 Å². The van der Waals surface area contributed by atoms with E-state index in [1.54, 1.807) is 0 Å². The van der Waals surface area contributed by atoms with E-state index in [0.29, 0.717) is 18.4 Å². The molecule has 6 heteroatoms. The number of rotatable bonds is 10. The molecule has 0 atom stereocenters. The minimum absolute atomic E-state index is 0.205. The number of aromatic nitrogens is 2. The summed E-state index contributed by atoms with van der Waals surface area (Å²) in [6.07, 6.45) is 6.41. The summed E-state index contributed by atoms with van der Waals surface area (Å²) in [6.45, 7) is 3.46. The van der Waals surface area contributed by atoms with Gasteiger partial charge < -0.3 is 9.84 Å². The highest BCUT2D eigenvalue weighted by Gasteiger charge is 2.25. The number of aliphatic carboxylic acids is 1. The third-order valence-electron chi connectivity index (χ3n) is 6.70. The Morgan fingerprint density at radius 3 is 2.35 bits per heavy atom. The van der Waals surface area contributed by atoms with E-state index < -0.39 is 5.97 Å². The summed E-state index contributed by atoms with van der Waals surface area (Å²) in [5, 5.41) is 14.7. The van der Waals surface area contributed by atoms with Gasteiger partial charge in [0.2, 0.25) is 0 Å². The average molecular weight is 481 g/mol.